The fourth-order valence-corrected chi connectivity index (χ4v) is 2.35. The Hall–Kier alpha value is -1.02. The van der Waals surface area contributed by atoms with E-state index in [1.165, 1.54) is 24.1 Å². The van der Waals surface area contributed by atoms with E-state index in [4.69, 9.17) is 0 Å². The third-order valence-corrected chi connectivity index (χ3v) is 3.57. The fraction of sp³-hybridized carbons (Fsp3) is 0.647. The van der Waals surface area contributed by atoms with Crippen molar-refractivity contribution >= 4 is 5.69 Å². The molecule has 1 unspecified atom stereocenters. The van der Waals surface area contributed by atoms with Crippen molar-refractivity contribution in [3.8, 4) is 0 Å². The van der Waals surface area contributed by atoms with Crippen LogP contribution >= 0.6 is 0 Å². The summed E-state index contributed by atoms with van der Waals surface area (Å²) >= 11 is 0. The van der Waals surface area contributed by atoms with Gasteiger partial charge in [-0.15, -0.1) is 0 Å². The van der Waals surface area contributed by atoms with Gasteiger partial charge in [-0.3, -0.25) is 0 Å². The summed E-state index contributed by atoms with van der Waals surface area (Å²) < 4.78 is 0. The minimum atomic E-state index is 0.587. The van der Waals surface area contributed by atoms with Gasteiger partial charge in [-0.1, -0.05) is 32.9 Å². The Bertz CT molecular complexity index is 343. The van der Waals surface area contributed by atoms with Crippen LogP contribution in [0.15, 0.2) is 24.3 Å². The number of anilines is 1. The molecule has 0 aliphatic heterocycles. The molecule has 0 bridgehead atoms. The number of hydrogen-bond donors (Lipinski definition) is 1. The highest BCUT2D eigenvalue weighted by Gasteiger charge is 2.11. The molecule has 19 heavy (non-hydrogen) atoms. The lowest BCUT2D eigenvalue weighted by Crippen LogP contribution is -2.30. The summed E-state index contributed by atoms with van der Waals surface area (Å²) in [5, 5.41) is 3.44. The highest BCUT2D eigenvalue weighted by molar-refractivity contribution is 5.47. The van der Waals surface area contributed by atoms with Crippen molar-refractivity contribution in [1.82, 2.24) is 5.32 Å². The van der Waals surface area contributed by atoms with Crippen LogP contribution in [0.4, 0.5) is 5.69 Å². The quantitative estimate of drug-likeness (QED) is 0.711. The van der Waals surface area contributed by atoms with E-state index in [2.05, 4.69) is 69.2 Å². The van der Waals surface area contributed by atoms with E-state index in [1.807, 2.05) is 0 Å². The summed E-state index contributed by atoms with van der Waals surface area (Å²) in [6, 6.07) is 9.52. The highest BCUT2D eigenvalue weighted by atomic mass is 15.1. The largest absolute Gasteiger partial charge is 0.372 e. The zero-order valence-electron chi connectivity index (χ0n) is 13.2. The van der Waals surface area contributed by atoms with Gasteiger partial charge in [0.15, 0.2) is 0 Å². The molecular formula is C17H30N2. The van der Waals surface area contributed by atoms with Gasteiger partial charge in [0.2, 0.25) is 0 Å². The van der Waals surface area contributed by atoms with Gasteiger partial charge in [0, 0.05) is 25.3 Å². The van der Waals surface area contributed by atoms with E-state index < -0.39 is 0 Å². The number of hydrogen-bond acceptors (Lipinski definition) is 2. The molecule has 0 fully saturated rings. The Kier molecular flexibility index (Phi) is 6.93. The van der Waals surface area contributed by atoms with Gasteiger partial charge in [-0.25, -0.2) is 0 Å². The normalized spacial score (nSPS) is 12.7. The maximum atomic E-state index is 3.44. The van der Waals surface area contributed by atoms with E-state index in [9.17, 15) is 0 Å². The molecule has 1 N–H and O–H groups in total. The van der Waals surface area contributed by atoms with Crippen molar-refractivity contribution in [2.24, 2.45) is 5.92 Å². The number of nitrogens with zero attached hydrogens (tertiary/aromatic N) is 1. The Morgan fingerprint density at radius 3 is 2.26 bits per heavy atom. The van der Waals surface area contributed by atoms with Crippen LogP contribution < -0.4 is 10.2 Å². The molecule has 1 aromatic rings. The fourth-order valence-electron chi connectivity index (χ4n) is 2.35. The monoisotopic (exact) mass is 262 g/mol. The van der Waals surface area contributed by atoms with Crippen molar-refractivity contribution in [3.05, 3.63) is 29.8 Å². The van der Waals surface area contributed by atoms with Gasteiger partial charge >= 0.3 is 0 Å². The molecule has 2 nitrogen and oxygen atoms in total. The zero-order chi connectivity index (χ0) is 14.3. The van der Waals surface area contributed by atoms with Crippen LogP contribution in [0, 0.1) is 5.92 Å². The average Bonchev–Trinajstić information content (AvgIpc) is 2.38. The molecule has 0 saturated carbocycles. The predicted molar refractivity (Wildman–Crippen MR) is 85.8 cm³/mol. The topological polar surface area (TPSA) is 15.3 Å². The second-order valence-corrected chi connectivity index (χ2v) is 5.93. The summed E-state index contributed by atoms with van der Waals surface area (Å²) in [6.07, 6.45) is 2.42. The first-order chi connectivity index (χ1) is 9.04. The number of nitrogens with one attached hydrogen (secondary N) is 1. The minimum absolute atomic E-state index is 0.587. The van der Waals surface area contributed by atoms with E-state index in [-0.39, 0.29) is 0 Å². The van der Waals surface area contributed by atoms with E-state index >= 15 is 0 Å². The summed E-state index contributed by atoms with van der Waals surface area (Å²) in [7, 11) is 2.19. The van der Waals surface area contributed by atoms with Crippen LogP contribution in [0.3, 0.4) is 0 Å². The van der Waals surface area contributed by atoms with Crippen LogP contribution in [-0.4, -0.2) is 19.6 Å². The van der Waals surface area contributed by atoms with Crippen molar-refractivity contribution in [2.45, 2.75) is 53.1 Å². The molecule has 1 atom stereocenters. The minimum Gasteiger partial charge on any atom is -0.372 e. The maximum absolute atomic E-state index is 3.44. The molecule has 0 saturated heterocycles. The second-order valence-electron chi connectivity index (χ2n) is 5.93. The molecule has 0 amide bonds. The lowest BCUT2D eigenvalue weighted by Gasteiger charge is -2.28. The van der Waals surface area contributed by atoms with Crippen LogP contribution in [0.2, 0.25) is 0 Å². The lowest BCUT2D eigenvalue weighted by molar-refractivity contribution is 0.504. The van der Waals surface area contributed by atoms with E-state index in [0.29, 0.717) is 6.04 Å². The van der Waals surface area contributed by atoms with Crippen LogP contribution in [0.5, 0.6) is 0 Å². The molecule has 0 aliphatic rings. The average molecular weight is 262 g/mol. The summed E-state index contributed by atoms with van der Waals surface area (Å²) in [4.78, 5) is 2.38. The summed E-state index contributed by atoms with van der Waals surface area (Å²) in [6.45, 7) is 11.1. The summed E-state index contributed by atoms with van der Waals surface area (Å²) in [5.41, 5.74) is 2.68. The standard InChI is InChI=1S/C17H30N2/c1-6-11-18-13-16-7-9-17(10-8-16)19(5)15(4)12-14(2)3/h7-10,14-15,18H,6,11-13H2,1-5H3. The third kappa shape index (κ3) is 5.65. The zero-order valence-corrected chi connectivity index (χ0v) is 13.2. The van der Waals surface area contributed by atoms with Crippen molar-refractivity contribution in [2.75, 3.05) is 18.5 Å². The first kappa shape index (κ1) is 16.0. The van der Waals surface area contributed by atoms with Gasteiger partial charge in [0.1, 0.15) is 0 Å². The lowest BCUT2D eigenvalue weighted by atomic mass is 10.0. The van der Waals surface area contributed by atoms with Gasteiger partial charge < -0.3 is 10.2 Å². The van der Waals surface area contributed by atoms with E-state index in [1.54, 1.807) is 0 Å². The second kappa shape index (κ2) is 8.21. The van der Waals surface area contributed by atoms with Crippen LogP contribution in [0.1, 0.15) is 46.1 Å². The van der Waals surface area contributed by atoms with Gasteiger partial charge in [0.25, 0.3) is 0 Å². The molecule has 108 valence electrons. The highest BCUT2D eigenvalue weighted by Crippen LogP contribution is 2.19. The maximum Gasteiger partial charge on any atom is 0.0366 e. The van der Waals surface area contributed by atoms with Gasteiger partial charge in [0.05, 0.1) is 0 Å². The molecule has 0 aromatic heterocycles. The van der Waals surface area contributed by atoms with Crippen LogP contribution in [-0.2, 0) is 6.54 Å². The van der Waals surface area contributed by atoms with Crippen molar-refractivity contribution in [1.29, 1.82) is 0 Å². The molecule has 0 heterocycles. The Balaban J connectivity index is 2.54. The van der Waals surface area contributed by atoms with Crippen LogP contribution in [0.25, 0.3) is 0 Å². The Morgan fingerprint density at radius 2 is 1.74 bits per heavy atom. The van der Waals surface area contributed by atoms with Gasteiger partial charge in [-0.05, 0) is 49.9 Å². The first-order valence-electron chi connectivity index (χ1n) is 7.57. The third-order valence-electron chi connectivity index (χ3n) is 3.57. The summed E-state index contributed by atoms with van der Waals surface area (Å²) in [5.74, 6) is 0.745. The smallest absolute Gasteiger partial charge is 0.0366 e. The first-order valence-corrected chi connectivity index (χ1v) is 7.57. The molecule has 2 heteroatoms. The Morgan fingerprint density at radius 1 is 1.11 bits per heavy atom. The molecule has 0 radical (unpaired) electrons. The van der Waals surface area contributed by atoms with Crippen molar-refractivity contribution < 1.29 is 0 Å². The van der Waals surface area contributed by atoms with Crippen molar-refractivity contribution in [3.63, 3.8) is 0 Å². The Labute approximate surface area is 119 Å². The number of rotatable bonds is 8. The van der Waals surface area contributed by atoms with Gasteiger partial charge in [-0.2, -0.15) is 0 Å². The molecule has 1 rings (SSSR count). The number of benzene rings is 1. The SMILES string of the molecule is CCCNCc1ccc(N(C)C(C)CC(C)C)cc1. The molecule has 1 aromatic carbocycles. The van der Waals surface area contributed by atoms with E-state index in [0.717, 1.165) is 19.0 Å². The molecule has 0 aliphatic carbocycles. The molecule has 0 spiro atoms. The predicted octanol–water partition coefficient (Wildman–Crippen LogP) is 4.06. The molecular weight excluding hydrogens is 232 g/mol.